The molecule has 4 amide bonds. The zero-order valence-electron chi connectivity index (χ0n) is 22.8. The quantitative estimate of drug-likeness (QED) is 0.370. The number of aryl methyl sites for hydroxylation is 1. The summed E-state index contributed by atoms with van der Waals surface area (Å²) in [4.78, 5) is 77.0. The summed E-state index contributed by atoms with van der Waals surface area (Å²) >= 11 is 0. The van der Waals surface area contributed by atoms with E-state index in [-0.39, 0.29) is 54.7 Å². The van der Waals surface area contributed by atoms with Gasteiger partial charge in [-0.1, -0.05) is 12.1 Å². The van der Waals surface area contributed by atoms with Gasteiger partial charge in [0.15, 0.2) is 5.78 Å². The Hall–Kier alpha value is -5.26. The molecule has 0 saturated carbocycles. The molecule has 12 heteroatoms. The summed E-state index contributed by atoms with van der Waals surface area (Å²) in [7, 11) is 1.53. The molecule has 12 nitrogen and oxygen atoms in total. The highest BCUT2D eigenvalue weighted by Crippen LogP contribution is 2.29. The Morgan fingerprint density at radius 3 is 2.45 bits per heavy atom. The Labute approximate surface area is 240 Å². The van der Waals surface area contributed by atoms with Crippen molar-refractivity contribution in [3.63, 3.8) is 0 Å². The molecule has 0 radical (unpaired) electrons. The molecule has 2 aromatic carbocycles. The number of furan rings is 1. The van der Waals surface area contributed by atoms with Gasteiger partial charge in [0.1, 0.15) is 18.6 Å². The number of rotatable bonds is 8. The minimum atomic E-state index is -1.09. The number of likely N-dealkylation sites (N-methyl/N-ethyl adjacent to an activating group) is 1. The van der Waals surface area contributed by atoms with E-state index in [9.17, 15) is 28.8 Å². The van der Waals surface area contributed by atoms with Crippen LogP contribution in [0.3, 0.4) is 0 Å². The van der Waals surface area contributed by atoms with Crippen LogP contribution in [0.4, 0.5) is 17.1 Å². The number of carbonyl (C=O) groups is 6. The lowest BCUT2D eigenvalue weighted by Gasteiger charge is -2.19. The van der Waals surface area contributed by atoms with E-state index < -0.39 is 17.8 Å². The van der Waals surface area contributed by atoms with Crippen molar-refractivity contribution in [1.82, 2.24) is 4.90 Å². The van der Waals surface area contributed by atoms with Gasteiger partial charge in [0.05, 0.1) is 35.2 Å². The molecule has 216 valence electrons. The first-order valence-electron chi connectivity index (χ1n) is 13.4. The maximum absolute atomic E-state index is 13.1. The van der Waals surface area contributed by atoms with Gasteiger partial charge in [-0.25, -0.2) is 0 Å². The molecule has 5 rings (SSSR count). The van der Waals surface area contributed by atoms with Crippen LogP contribution in [0.5, 0.6) is 0 Å². The molecule has 2 aliphatic rings. The number of hydrogen-bond donors (Lipinski definition) is 3. The van der Waals surface area contributed by atoms with Gasteiger partial charge in [-0.3, -0.25) is 28.8 Å². The summed E-state index contributed by atoms with van der Waals surface area (Å²) in [6, 6.07) is 11.3. The van der Waals surface area contributed by atoms with Crippen LogP contribution in [0.15, 0.2) is 53.1 Å². The third-order valence-electron chi connectivity index (χ3n) is 7.23. The predicted molar refractivity (Wildman–Crippen MR) is 151 cm³/mol. The number of ketones is 1. The van der Waals surface area contributed by atoms with Crippen molar-refractivity contribution in [2.24, 2.45) is 0 Å². The van der Waals surface area contributed by atoms with E-state index >= 15 is 0 Å². The molecule has 0 fully saturated rings. The van der Waals surface area contributed by atoms with Crippen LogP contribution >= 0.6 is 0 Å². The molecule has 3 aromatic rings. The minimum absolute atomic E-state index is 0.00607. The van der Waals surface area contributed by atoms with Crippen molar-refractivity contribution < 1.29 is 38.3 Å². The first-order valence-corrected chi connectivity index (χ1v) is 13.4. The number of fused-ring (bicyclic) bond motifs is 2. The van der Waals surface area contributed by atoms with Crippen molar-refractivity contribution in [3.05, 3.63) is 76.7 Å². The van der Waals surface area contributed by atoms with Gasteiger partial charge >= 0.3 is 5.97 Å². The molecule has 2 heterocycles. The van der Waals surface area contributed by atoms with Gasteiger partial charge in [0, 0.05) is 37.8 Å². The van der Waals surface area contributed by atoms with Gasteiger partial charge in [0.2, 0.25) is 11.8 Å². The molecule has 1 aliphatic carbocycles. The molecule has 0 spiro atoms. The number of Topliss-reactive ketones (excluding diaryl/α,β-unsaturated/α-hetero) is 1. The van der Waals surface area contributed by atoms with Crippen molar-refractivity contribution >= 4 is 52.4 Å². The van der Waals surface area contributed by atoms with E-state index in [2.05, 4.69) is 10.6 Å². The topological polar surface area (TPSA) is 166 Å². The van der Waals surface area contributed by atoms with Gasteiger partial charge in [-0.2, -0.15) is 0 Å². The van der Waals surface area contributed by atoms with Gasteiger partial charge in [-0.15, -0.1) is 0 Å². The fourth-order valence-corrected chi connectivity index (χ4v) is 5.02. The number of carbonyl (C=O) groups excluding carboxylic acids is 5. The standard InChI is InChI=1S/C30H28N4O8/c1-33-22-10-9-19(14-20(22)30(41)34(15-26(33)37)12-11-27(38)39)31-25(36)13-17-5-7-18(8-6-17)32-29(40)21-16-42-24-4-2-3-23(35)28(21)24/h5-10,14,16H,2-4,11-13,15H2,1H3,(H,31,36)(H,32,40)(H,38,39). The fraction of sp³-hybridized carbons (Fsp3) is 0.267. The Morgan fingerprint density at radius 2 is 1.71 bits per heavy atom. The second-order valence-corrected chi connectivity index (χ2v) is 10.2. The monoisotopic (exact) mass is 572 g/mol. The lowest BCUT2D eigenvalue weighted by Crippen LogP contribution is -2.38. The maximum Gasteiger partial charge on any atom is 0.305 e. The Morgan fingerprint density at radius 1 is 0.976 bits per heavy atom. The largest absolute Gasteiger partial charge is 0.481 e. The number of nitrogens with one attached hydrogen (secondary N) is 2. The van der Waals surface area contributed by atoms with E-state index in [0.29, 0.717) is 53.2 Å². The Bertz CT molecular complexity index is 1610. The van der Waals surface area contributed by atoms with Crippen LogP contribution in [-0.4, -0.2) is 65.5 Å². The number of benzene rings is 2. The third kappa shape index (κ3) is 5.92. The average Bonchev–Trinajstić information content (AvgIpc) is 3.38. The second kappa shape index (κ2) is 11.7. The molecular formula is C30H28N4O8. The fourth-order valence-electron chi connectivity index (χ4n) is 5.02. The van der Waals surface area contributed by atoms with Crippen molar-refractivity contribution in [3.8, 4) is 0 Å². The molecule has 0 unspecified atom stereocenters. The summed E-state index contributed by atoms with van der Waals surface area (Å²) in [5.74, 6) is -2.33. The van der Waals surface area contributed by atoms with E-state index in [1.165, 1.54) is 29.2 Å². The van der Waals surface area contributed by atoms with E-state index in [0.717, 1.165) is 0 Å². The number of aliphatic carboxylic acids is 1. The molecule has 1 aliphatic heterocycles. The van der Waals surface area contributed by atoms with E-state index in [1.807, 2.05) is 0 Å². The zero-order chi connectivity index (χ0) is 30.0. The summed E-state index contributed by atoms with van der Waals surface area (Å²) in [5, 5.41) is 14.5. The van der Waals surface area contributed by atoms with E-state index in [4.69, 9.17) is 9.52 Å². The summed E-state index contributed by atoms with van der Waals surface area (Å²) in [6.07, 6.45) is 2.71. The number of carboxylic acids is 1. The number of carboxylic acid groups (broad SMARTS) is 1. The molecule has 42 heavy (non-hydrogen) atoms. The highest BCUT2D eigenvalue weighted by atomic mass is 16.4. The molecule has 1 aromatic heterocycles. The van der Waals surface area contributed by atoms with Crippen molar-refractivity contribution in [1.29, 1.82) is 0 Å². The second-order valence-electron chi connectivity index (χ2n) is 10.2. The minimum Gasteiger partial charge on any atom is -0.481 e. The summed E-state index contributed by atoms with van der Waals surface area (Å²) in [5.41, 5.74) is 2.58. The lowest BCUT2D eigenvalue weighted by atomic mass is 9.94. The van der Waals surface area contributed by atoms with Gasteiger partial charge in [-0.05, 0) is 42.3 Å². The smallest absolute Gasteiger partial charge is 0.305 e. The van der Waals surface area contributed by atoms with Crippen LogP contribution in [0.1, 0.15) is 61.7 Å². The predicted octanol–water partition coefficient (Wildman–Crippen LogP) is 3.13. The number of anilines is 3. The third-order valence-corrected chi connectivity index (χ3v) is 7.23. The van der Waals surface area contributed by atoms with Crippen LogP contribution in [-0.2, 0) is 27.2 Å². The first-order chi connectivity index (χ1) is 20.1. The number of hydrogen-bond acceptors (Lipinski definition) is 7. The average molecular weight is 573 g/mol. The maximum atomic E-state index is 13.1. The molecule has 3 N–H and O–H groups in total. The molecule has 0 atom stereocenters. The van der Waals surface area contributed by atoms with Crippen LogP contribution in [0.2, 0.25) is 0 Å². The molecular weight excluding hydrogens is 544 g/mol. The molecule has 0 saturated heterocycles. The SMILES string of the molecule is CN1C(=O)CN(CCC(=O)O)C(=O)c2cc(NC(=O)Cc3ccc(NC(=O)c4coc5c4C(=O)CCC5)cc3)ccc21. The number of amides is 4. The highest BCUT2D eigenvalue weighted by Gasteiger charge is 2.31. The van der Waals surface area contributed by atoms with Gasteiger partial charge in [0.25, 0.3) is 11.8 Å². The summed E-state index contributed by atoms with van der Waals surface area (Å²) in [6.45, 7) is -0.375. The van der Waals surface area contributed by atoms with Crippen LogP contribution in [0.25, 0.3) is 0 Å². The Kier molecular flexibility index (Phi) is 7.87. The first kappa shape index (κ1) is 28.3. The van der Waals surface area contributed by atoms with Crippen molar-refractivity contribution in [2.75, 3.05) is 35.7 Å². The highest BCUT2D eigenvalue weighted by molar-refractivity contribution is 6.13. The van der Waals surface area contributed by atoms with Gasteiger partial charge < -0.3 is 30.0 Å². The Balaban J connectivity index is 1.23. The summed E-state index contributed by atoms with van der Waals surface area (Å²) < 4.78 is 5.42. The van der Waals surface area contributed by atoms with Crippen molar-refractivity contribution in [2.45, 2.75) is 32.1 Å². The van der Waals surface area contributed by atoms with E-state index in [1.54, 1.807) is 36.4 Å². The van der Waals surface area contributed by atoms with Crippen LogP contribution in [0, 0.1) is 0 Å². The normalized spacial score (nSPS) is 14.6. The molecule has 0 bridgehead atoms. The number of nitrogens with zero attached hydrogens (tertiary/aromatic N) is 2. The lowest BCUT2D eigenvalue weighted by molar-refractivity contribution is -0.137. The zero-order valence-corrected chi connectivity index (χ0v) is 22.8. The van der Waals surface area contributed by atoms with Crippen LogP contribution < -0.4 is 15.5 Å².